The number of aromatic nitrogens is 3. The van der Waals surface area contributed by atoms with Gasteiger partial charge < -0.3 is 20.8 Å². The highest BCUT2D eigenvalue weighted by Crippen LogP contribution is 2.47. The van der Waals surface area contributed by atoms with Crippen molar-refractivity contribution in [3.8, 4) is 0 Å². The Hall–Kier alpha value is -1.73. The molecule has 2 aliphatic rings. The topological polar surface area (TPSA) is 103 Å². The van der Waals surface area contributed by atoms with Crippen molar-refractivity contribution in [1.82, 2.24) is 15.0 Å². The van der Waals surface area contributed by atoms with Crippen LogP contribution in [0.15, 0.2) is 12.2 Å². The summed E-state index contributed by atoms with van der Waals surface area (Å²) < 4.78 is 0. The van der Waals surface area contributed by atoms with E-state index in [1.54, 1.807) is 0 Å². The van der Waals surface area contributed by atoms with Crippen LogP contribution >= 0.6 is 0 Å². The summed E-state index contributed by atoms with van der Waals surface area (Å²) >= 11 is 0. The molecule has 4 N–H and O–H groups in total. The molecule has 7 heteroatoms. The van der Waals surface area contributed by atoms with Gasteiger partial charge in [0.05, 0.1) is 13.2 Å². The first-order valence-electron chi connectivity index (χ1n) is 7.44. The fourth-order valence-corrected chi connectivity index (χ4v) is 3.13. The Labute approximate surface area is 123 Å². The summed E-state index contributed by atoms with van der Waals surface area (Å²) in [5, 5.41) is 23.8. The lowest BCUT2D eigenvalue weighted by molar-refractivity contribution is 0.310. The van der Waals surface area contributed by atoms with Crippen LogP contribution in [0, 0.1) is 11.8 Å². The van der Waals surface area contributed by atoms with Crippen LogP contribution in [0.2, 0.25) is 0 Å². The number of aliphatic hydroxyl groups excluding tert-OH is 2. The SMILES string of the molecule is OCCNc1nc(NCCO)nc(C2CC3C=CC2C3)n1. The molecule has 3 atom stereocenters. The van der Waals surface area contributed by atoms with Crippen molar-refractivity contribution in [2.45, 2.75) is 18.8 Å². The van der Waals surface area contributed by atoms with E-state index in [0.717, 1.165) is 12.2 Å². The van der Waals surface area contributed by atoms with Gasteiger partial charge in [0.2, 0.25) is 11.9 Å². The number of fused-ring (bicyclic) bond motifs is 2. The van der Waals surface area contributed by atoms with E-state index in [1.165, 1.54) is 6.42 Å². The van der Waals surface area contributed by atoms with Crippen LogP contribution in [0.4, 0.5) is 11.9 Å². The fraction of sp³-hybridized carbons (Fsp3) is 0.643. The van der Waals surface area contributed by atoms with E-state index in [-0.39, 0.29) is 13.2 Å². The number of rotatable bonds is 7. The molecule has 1 fully saturated rings. The zero-order valence-corrected chi connectivity index (χ0v) is 11.9. The Morgan fingerprint density at radius 2 is 1.62 bits per heavy atom. The molecular weight excluding hydrogens is 270 g/mol. The molecule has 0 amide bonds. The van der Waals surface area contributed by atoms with Crippen LogP contribution < -0.4 is 10.6 Å². The van der Waals surface area contributed by atoms with E-state index in [4.69, 9.17) is 10.2 Å². The second-order valence-corrected chi connectivity index (χ2v) is 5.53. The zero-order valence-electron chi connectivity index (χ0n) is 11.9. The van der Waals surface area contributed by atoms with Gasteiger partial charge >= 0.3 is 0 Å². The van der Waals surface area contributed by atoms with Gasteiger partial charge in [-0.1, -0.05) is 12.2 Å². The van der Waals surface area contributed by atoms with Crippen LogP contribution in [0.25, 0.3) is 0 Å². The number of nitrogens with zero attached hydrogens (tertiary/aromatic N) is 3. The summed E-state index contributed by atoms with van der Waals surface area (Å²) in [5.74, 6) is 3.26. The van der Waals surface area contributed by atoms with Gasteiger partial charge in [-0.15, -0.1) is 0 Å². The van der Waals surface area contributed by atoms with Crippen LogP contribution in [-0.2, 0) is 0 Å². The molecule has 0 aliphatic heterocycles. The molecule has 114 valence electrons. The number of hydrogen-bond acceptors (Lipinski definition) is 7. The first-order chi connectivity index (χ1) is 10.3. The lowest BCUT2D eigenvalue weighted by atomic mass is 9.93. The van der Waals surface area contributed by atoms with Crippen molar-refractivity contribution < 1.29 is 10.2 Å². The van der Waals surface area contributed by atoms with Gasteiger partial charge in [-0.25, -0.2) is 0 Å². The van der Waals surface area contributed by atoms with Crippen LogP contribution in [0.3, 0.4) is 0 Å². The van der Waals surface area contributed by atoms with E-state index in [0.29, 0.717) is 42.7 Å². The molecular formula is C14H21N5O2. The van der Waals surface area contributed by atoms with Crippen LogP contribution in [0.5, 0.6) is 0 Å². The van der Waals surface area contributed by atoms with Gasteiger partial charge in [0.1, 0.15) is 5.82 Å². The monoisotopic (exact) mass is 291 g/mol. The van der Waals surface area contributed by atoms with Crippen molar-refractivity contribution in [3.05, 3.63) is 18.0 Å². The Morgan fingerprint density at radius 3 is 2.10 bits per heavy atom. The highest BCUT2D eigenvalue weighted by atomic mass is 16.3. The predicted octanol–water partition coefficient (Wildman–Crippen LogP) is 0.360. The van der Waals surface area contributed by atoms with E-state index < -0.39 is 0 Å². The molecule has 7 nitrogen and oxygen atoms in total. The molecule has 3 unspecified atom stereocenters. The quantitative estimate of drug-likeness (QED) is 0.538. The van der Waals surface area contributed by atoms with Crippen molar-refractivity contribution in [2.24, 2.45) is 11.8 Å². The minimum Gasteiger partial charge on any atom is -0.395 e. The minimum absolute atomic E-state index is 0.0251. The van der Waals surface area contributed by atoms with Gasteiger partial charge in [0, 0.05) is 19.0 Å². The molecule has 0 saturated heterocycles. The Kier molecular flexibility index (Phi) is 4.31. The van der Waals surface area contributed by atoms with Crippen molar-refractivity contribution in [1.29, 1.82) is 0 Å². The van der Waals surface area contributed by atoms with Crippen LogP contribution in [-0.4, -0.2) is 51.5 Å². The van der Waals surface area contributed by atoms with Gasteiger partial charge in [0.15, 0.2) is 0 Å². The first-order valence-corrected chi connectivity index (χ1v) is 7.44. The van der Waals surface area contributed by atoms with E-state index in [9.17, 15) is 0 Å². The summed E-state index contributed by atoms with van der Waals surface area (Å²) in [6.07, 6.45) is 6.84. The third kappa shape index (κ3) is 3.14. The molecule has 1 aromatic heterocycles. The van der Waals surface area contributed by atoms with E-state index >= 15 is 0 Å². The molecule has 1 heterocycles. The summed E-state index contributed by atoms with van der Waals surface area (Å²) in [6.45, 7) is 0.855. The smallest absolute Gasteiger partial charge is 0.227 e. The summed E-state index contributed by atoms with van der Waals surface area (Å²) in [6, 6.07) is 0. The standard InChI is InChI=1S/C14H21N5O2/c20-5-3-15-13-17-12(18-14(19-13)16-4-6-21)11-8-9-1-2-10(11)7-9/h1-2,9-11,20-21H,3-8H2,(H2,15,16,17,18,19). The highest BCUT2D eigenvalue weighted by molar-refractivity contribution is 5.36. The Morgan fingerprint density at radius 1 is 0.952 bits per heavy atom. The molecule has 0 aromatic carbocycles. The van der Waals surface area contributed by atoms with E-state index in [1.807, 2.05) is 0 Å². The highest BCUT2D eigenvalue weighted by Gasteiger charge is 2.38. The second kappa shape index (κ2) is 6.36. The largest absolute Gasteiger partial charge is 0.395 e. The molecule has 21 heavy (non-hydrogen) atoms. The van der Waals surface area contributed by atoms with Crippen molar-refractivity contribution in [3.63, 3.8) is 0 Å². The minimum atomic E-state index is 0.0251. The Balaban J connectivity index is 1.82. The normalized spacial score (nSPS) is 26.3. The maximum absolute atomic E-state index is 8.91. The molecule has 2 aliphatic carbocycles. The molecule has 3 rings (SSSR count). The second-order valence-electron chi connectivity index (χ2n) is 5.53. The molecule has 0 spiro atoms. The average molecular weight is 291 g/mol. The molecule has 2 bridgehead atoms. The molecule has 1 saturated carbocycles. The predicted molar refractivity (Wildman–Crippen MR) is 79.1 cm³/mol. The Bertz CT molecular complexity index is 496. The number of anilines is 2. The van der Waals surface area contributed by atoms with Gasteiger partial charge in [-0.05, 0) is 24.7 Å². The lowest BCUT2D eigenvalue weighted by Gasteiger charge is -2.18. The molecule has 1 aromatic rings. The molecule has 0 radical (unpaired) electrons. The summed E-state index contributed by atoms with van der Waals surface area (Å²) in [4.78, 5) is 13.3. The third-order valence-electron chi connectivity index (χ3n) is 4.05. The maximum Gasteiger partial charge on any atom is 0.227 e. The maximum atomic E-state index is 8.91. The van der Waals surface area contributed by atoms with Crippen molar-refractivity contribution >= 4 is 11.9 Å². The number of allylic oxidation sites excluding steroid dienone is 2. The van der Waals surface area contributed by atoms with Gasteiger partial charge in [-0.2, -0.15) is 15.0 Å². The summed E-state index contributed by atoms with van der Waals surface area (Å²) in [7, 11) is 0. The average Bonchev–Trinajstić information content (AvgIpc) is 3.13. The van der Waals surface area contributed by atoms with Gasteiger partial charge in [0.25, 0.3) is 0 Å². The summed E-state index contributed by atoms with van der Waals surface area (Å²) in [5.41, 5.74) is 0. The lowest BCUT2D eigenvalue weighted by Crippen LogP contribution is -2.18. The number of aliphatic hydroxyl groups is 2. The van der Waals surface area contributed by atoms with Crippen LogP contribution in [0.1, 0.15) is 24.6 Å². The number of nitrogens with one attached hydrogen (secondary N) is 2. The third-order valence-corrected chi connectivity index (χ3v) is 4.05. The van der Waals surface area contributed by atoms with E-state index in [2.05, 4.69) is 37.7 Å². The zero-order chi connectivity index (χ0) is 14.7. The van der Waals surface area contributed by atoms with Crippen molar-refractivity contribution in [2.75, 3.05) is 36.9 Å². The van der Waals surface area contributed by atoms with Gasteiger partial charge in [-0.3, -0.25) is 0 Å². The fourth-order valence-electron chi connectivity index (χ4n) is 3.13. The number of hydrogen-bond donors (Lipinski definition) is 4. The first kappa shape index (κ1) is 14.2.